The van der Waals surface area contributed by atoms with Crippen molar-refractivity contribution < 1.29 is 9.53 Å². The number of carbonyl (C=O) groups excluding carboxylic acids is 1. The first-order valence-electron chi connectivity index (χ1n) is 6.36. The Labute approximate surface area is 111 Å². The van der Waals surface area contributed by atoms with Gasteiger partial charge in [0.05, 0.1) is 0 Å². The number of terminal acetylenes is 1. The summed E-state index contributed by atoms with van der Waals surface area (Å²) >= 11 is 0. The van der Waals surface area contributed by atoms with Crippen molar-refractivity contribution in [2.75, 3.05) is 0 Å². The molecule has 19 heavy (non-hydrogen) atoms. The SMILES string of the molecule is C#CC[C@@H](OC(=O)c1cn2ccccc2n1)C1CC1. The molecule has 0 aromatic carbocycles. The minimum Gasteiger partial charge on any atom is -0.456 e. The smallest absolute Gasteiger partial charge is 0.358 e. The van der Waals surface area contributed by atoms with Gasteiger partial charge in [-0.15, -0.1) is 12.3 Å². The molecule has 2 aromatic rings. The van der Waals surface area contributed by atoms with E-state index in [0.717, 1.165) is 18.5 Å². The van der Waals surface area contributed by atoms with Crippen LogP contribution < -0.4 is 0 Å². The van der Waals surface area contributed by atoms with Crippen LogP contribution in [-0.2, 0) is 4.74 Å². The number of nitrogens with zero attached hydrogens (tertiary/aromatic N) is 2. The lowest BCUT2D eigenvalue weighted by Crippen LogP contribution is -2.20. The van der Waals surface area contributed by atoms with Crippen LogP contribution in [0.3, 0.4) is 0 Å². The lowest BCUT2D eigenvalue weighted by Gasteiger charge is -2.13. The zero-order valence-electron chi connectivity index (χ0n) is 10.5. The zero-order chi connectivity index (χ0) is 13.2. The number of pyridine rings is 1. The highest BCUT2D eigenvalue weighted by molar-refractivity contribution is 5.88. The van der Waals surface area contributed by atoms with E-state index in [4.69, 9.17) is 11.2 Å². The van der Waals surface area contributed by atoms with Gasteiger partial charge >= 0.3 is 5.97 Å². The number of esters is 1. The molecule has 4 nitrogen and oxygen atoms in total. The lowest BCUT2D eigenvalue weighted by molar-refractivity contribution is 0.0255. The van der Waals surface area contributed by atoms with Crippen molar-refractivity contribution in [1.82, 2.24) is 9.38 Å². The second kappa shape index (κ2) is 4.77. The van der Waals surface area contributed by atoms with E-state index in [0.29, 0.717) is 18.0 Å². The van der Waals surface area contributed by atoms with Gasteiger partial charge in [0.25, 0.3) is 0 Å². The largest absolute Gasteiger partial charge is 0.456 e. The van der Waals surface area contributed by atoms with Crippen LogP contribution in [0.2, 0.25) is 0 Å². The number of imidazole rings is 1. The third kappa shape index (κ3) is 2.45. The summed E-state index contributed by atoms with van der Waals surface area (Å²) in [5.74, 6) is 2.60. The normalized spacial score (nSPS) is 15.9. The molecule has 1 atom stereocenters. The van der Waals surface area contributed by atoms with E-state index >= 15 is 0 Å². The second-order valence-electron chi connectivity index (χ2n) is 4.78. The van der Waals surface area contributed by atoms with E-state index in [1.54, 1.807) is 10.6 Å². The van der Waals surface area contributed by atoms with E-state index in [-0.39, 0.29) is 6.10 Å². The van der Waals surface area contributed by atoms with Crippen molar-refractivity contribution in [3.63, 3.8) is 0 Å². The quantitative estimate of drug-likeness (QED) is 0.621. The third-order valence-electron chi connectivity index (χ3n) is 3.30. The molecule has 96 valence electrons. The molecule has 4 heteroatoms. The Morgan fingerprint density at radius 1 is 1.58 bits per heavy atom. The molecule has 1 aliphatic rings. The summed E-state index contributed by atoms with van der Waals surface area (Å²) in [6, 6.07) is 5.61. The molecule has 2 heterocycles. The van der Waals surface area contributed by atoms with E-state index < -0.39 is 5.97 Å². The molecule has 0 spiro atoms. The molecule has 0 amide bonds. The minimum absolute atomic E-state index is 0.165. The van der Waals surface area contributed by atoms with Crippen molar-refractivity contribution in [2.45, 2.75) is 25.4 Å². The first-order valence-corrected chi connectivity index (χ1v) is 6.36. The fraction of sp³-hybridized carbons (Fsp3) is 0.333. The lowest BCUT2D eigenvalue weighted by atomic mass is 10.2. The Morgan fingerprint density at radius 2 is 2.42 bits per heavy atom. The predicted octanol–water partition coefficient (Wildman–Crippen LogP) is 2.29. The first kappa shape index (κ1) is 11.8. The summed E-state index contributed by atoms with van der Waals surface area (Å²) < 4.78 is 7.27. The highest BCUT2D eigenvalue weighted by Gasteiger charge is 2.34. The number of carbonyl (C=O) groups is 1. The van der Waals surface area contributed by atoms with Crippen LogP contribution in [0, 0.1) is 18.3 Å². The van der Waals surface area contributed by atoms with E-state index in [1.165, 1.54) is 0 Å². The molecule has 1 saturated carbocycles. The van der Waals surface area contributed by atoms with E-state index in [9.17, 15) is 4.79 Å². The highest BCUT2D eigenvalue weighted by Crippen LogP contribution is 2.36. The van der Waals surface area contributed by atoms with Gasteiger partial charge in [0.1, 0.15) is 11.8 Å². The summed E-state index contributed by atoms with van der Waals surface area (Å²) in [5, 5.41) is 0. The summed E-state index contributed by atoms with van der Waals surface area (Å²) in [6.07, 6.45) is 11.3. The monoisotopic (exact) mass is 254 g/mol. The van der Waals surface area contributed by atoms with Gasteiger partial charge in [-0.05, 0) is 30.9 Å². The molecule has 0 radical (unpaired) electrons. The second-order valence-corrected chi connectivity index (χ2v) is 4.78. The molecule has 0 aliphatic heterocycles. The molecular formula is C15H14N2O2. The molecule has 2 aromatic heterocycles. The summed E-state index contributed by atoms with van der Waals surface area (Å²) in [4.78, 5) is 16.3. The van der Waals surface area contributed by atoms with Crippen LogP contribution in [0.1, 0.15) is 29.8 Å². The van der Waals surface area contributed by atoms with Crippen molar-refractivity contribution in [3.8, 4) is 12.3 Å². The molecule has 0 unspecified atom stereocenters. The van der Waals surface area contributed by atoms with Crippen LogP contribution in [0.4, 0.5) is 0 Å². The summed E-state index contributed by atoms with van der Waals surface area (Å²) in [7, 11) is 0. The fourth-order valence-electron chi connectivity index (χ4n) is 2.12. The van der Waals surface area contributed by atoms with Crippen molar-refractivity contribution in [2.24, 2.45) is 5.92 Å². The Bertz CT molecular complexity index is 616. The maximum Gasteiger partial charge on any atom is 0.358 e. The van der Waals surface area contributed by atoms with Gasteiger partial charge in [0, 0.05) is 18.8 Å². The summed E-state index contributed by atoms with van der Waals surface area (Å²) in [6.45, 7) is 0. The number of rotatable bonds is 4. The van der Waals surface area contributed by atoms with Gasteiger partial charge in [-0.3, -0.25) is 0 Å². The van der Waals surface area contributed by atoms with Gasteiger partial charge in [0.15, 0.2) is 5.69 Å². The highest BCUT2D eigenvalue weighted by atomic mass is 16.5. The Kier molecular flexibility index (Phi) is 2.96. The number of ether oxygens (including phenoxy) is 1. The van der Waals surface area contributed by atoms with Gasteiger partial charge in [-0.1, -0.05) is 6.07 Å². The van der Waals surface area contributed by atoms with Crippen LogP contribution in [-0.4, -0.2) is 21.5 Å². The average molecular weight is 254 g/mol. The van der Waals surface area contributed by atoms with Crippen LogP contribution in [0.15, 0.2) is 30.6 Å². The van der Waals surface area contributed by atoms with Gasteiger partial charge < -0.3 is 9.14 Å². The number of hydrogen-bond donors (Lipinski definition) is 0. The predicted molar refractivity (Wildman–Crippen MR) is 70.6 cm³/mol. The first-order chi connectivity index (χ1) is 9.28. The molecule has 1 fully saturated rings. The van der Waals surface area contributed by atoms with Crippen molar-refractivity contribution in [3.05, 3.63) is 36.3 Å². The van der Waals surface area contributed by atoms with Crippen molar-refractivity contribution in [1.29, 1.82) is 0 Å². The Hall–Kier alpha value is -2.28. The van der Waals surface area contributed by atoms with Crippen LogP contribution in [0.25, 0.3) is 5.65 Å². The number of fused-ring (bicyclic) bond motifs is 1. The van der Waals surface area contributed by atoms with E-state index in [2.05, 4.69) is 10.9 Å². The summed E-state index contributed by atoms with van der Waals surface area (Å²) in [5.41, 5.74) is 1.06. The molecule has 0 bridgehead atoms. The van der Waals surface area contributed by atoms with Gasteiger partial charge in [0.2, 0.25) is 0 Å². The average Bonchev–Trinajstić information content (AvgIpc) is 3.16. The molecule has 1 aliphatic carbocycles. The number of aromatic nitrogens is 2. The molecular weight excluding hydrogens is 240 g/mol. The van der Waals surface area contributed by atoms with Gasteiger partial charge in [-0.2, -0.15) is 0 Å². The third-order valence-corrected chi connectivity index (χ3v) is 3.30. The maximum atomic E-state index is 12.1. The molecule has 3 rings (SSSR count). The van der Waals surface area contributed by atoms with Crippen LogP contribution >= 0.6 is 0 Å². The standard InChI is InChI=1S/C15H14N2O2/c1-2-5-13(11-7-8-11)19-15(18)12-10-17-9-4-3-6-14(17)16-12/h1,3-4,6,9-11,13H,5,7-8H2/t13-/m1/s1. The minimum atomic E-state index is -0.393. The van der Waals surface area contributed by atoms with E-state index in [1.807, 2.05) is 24.4 Å². The Balaban J connectivity index is 1.77. The molecule has 0 saturated heterocycles. The van der Waals surface area contributed by atoms with Crippen molar-refractivity contribution >= 4 is 11.6 Å². The number of hydrogen-bond acceptors (Lipinski definition) is 3. The zero-order valence-corrected chi connectivity index (χ0v) is 10.5. The molecule has 0 N–H and O–H groups in total. The topological polar surface area (TPSA) is 43.6 Å². The Morgan fingerprint density at radius 3 is 3.11 bits per heavy atom. The van der Waals surface area contributed by atoms with Crippen LogP contribution in [0.5, 0.6) is 0 Å². The fourth-order valence-corrected chi connectivity index (χ4v) is 2.12. The van der Waals surface area contributed by atoms with Gasteiger partial charge in [-0.25, -0.2) is 9.78 Å². The maximum absolute atomic E-state index is 12.1.